The number of aryl methyl sites for hydroxylation is 2. The van der Waals surface area contributed by atoms with Gasteiger partial charge in [0.2, 0.25) is 0 Å². The van der Waals surface area contributed by atoms with Gasteiger partial charge in [-0.3, -0.25) is 0 Å². The molecule has 0 spiro atoms. The van der Waals surface area contributed by atoms with Crippen molar-refractivity contribution in [1.29, 1.82) is 0 Å². The zero-order valence-electron chi connectivity index (χ0n) is 13.4. The van der Waals surface area contributed by atoms with Crippen LogP contribution in [0.5, 0.6) is 5.75 Å². The first kappa shape index (κ1) is 14.4. The van der Waals surface area contributed by atoms with E-state index in [0.717, 1.165) is 39.1 Å². The SMILES string of the molecule is Cc1cc(-c2ccc(O)cc2)nc2ccc(-c3nncn3C)cc12. The maximum absolute atomic E-state index is 9.44. The molecule has 24 heavy (non-hydrogen) atoms. The van der Waals surface area contributed by atoms with E-state index in [-0.39, 0.29) is 5.75 Å². The van der Waals surface area contributed by atoms with Crippen LogP contribution in [0.15, 0.2) is 54.9 Å². The summed E-state index contributed by atoms with van der Waals surface area (Å²) in [5.41, 5.74) is 4.97. The van der Waals surface area contributed by atoms with Gasteiger partial charge in [0.05, 0.1) is 11.2 Å². The quantitative estimate of drug-likeness (QED) is 0.612. The Morgan fingerprint density at radius 2 is 1.71 bits per heavy atom. The van der Waals surface area contributed by atoms with Crippen molar-refractivity contribution in [2.75, 3.05) is 0 Å². The second-order valence-corrected chi connectivity index (χ2v) is 5.87. The molecule has 0 unspecified atom stereocenters. The van der Waals surface area contributed by atoms with Crippen molar-refractivity contribution < 1.29 is 5.11 Å². The van der Waals surface area contributed by atoms with Gasteiger partial charge in [0.15, 0.2) is 5.82 Å². The van der Waals surface area contributed by atoms with E-state index in [2.05, 4.69) is 29.3 Å². The fourth-order valence-corrected chi connectivity index (χ4v) is 2.86. The molecule has 0 bridgehead atoms. The molecule has 1 N–H and O–H groups in total. The van der Waals surface area contributed by atoms with Gasteiger partial charge in [-0.05, 0) is 61.0 Å². The average Bonchev–Trinajstić information content (AvgIpc) is 3.01. The van der Waals surface area contributed by atoms with E-state index in [4.69, 9.17) is 4.98 Å². The van der Waals surface area contributed by atoms with Crippen LogP contribution >= 0.6 is 0 Å². The number of aromatic hydroxyl groups is 1. The highest BCUT2D eigenvalue weighted by atomic mass is 16.3. The molecule has 0 fully saturated rings. The van der Waals surface area contributed by atoms with Gasteiger partial charge in [-0.25, -0.2) is 4.98 Å². The van der Waals surface area contributed by atoms with Crippen molar-refractivity contribution in [3.8, 4) is 28.4 Å². The molecule has 0 saturated carbocycles. The molecule has 0 saturated heterocycles. The average molecular weight is 316 g/mol. The molecule has 2 heterocycles. The van der Waals surface area contributed by atoms with Gasteiger partial charge in [-0.15, -0.1) is 10.2 Å². The highest BCUT2D eigenvalue weighted by molar-refractivity contribution is 5.88. The van der Waals surface area contributed by atoms with E-state index >= 15 is 0 Å². The van der Waals surface area contributed by atoms with Gasteiger partial charge < -0.3 is 9.67 Å². The van der Waals surface area contributed by atoms with Crippen LogP contribution in [0.1, 0.15) is 5.56 Å². The molecule has 4 aromatic rings. The van der Waals surface area contributed by atoms with E-state index in [1.54, 1.807) is 18.5 Å². The summed E-state index contributed by atoms with van der Waals surface area (Å²) in [6.07, 6.45) is 1.69. The van der Waals surface area contributed by atoms with Crippen LogP contribution in [0.25, 0.3) is 33.5 Å². The van der Waals surface area contributed by atoms with Gasteiger partial charge in [0.25, 0.3) is 0 Å². The Bertz CT molecular complexity index is 1040. The van der Waals surface area contributed by atoms with Gasteiger partial charge >= 0.3 is 0 Å². The number of phenolic OH excluding ortho intramolecular Hbond substituents is 1. The number of fused-ring (bicyclic) bond motifs is 1. The number of phenols is 1. The molecule has 0 aliphatic heterocycles. The van der Waals surface area contributed by atoms with E-state index in [0.29, 0.717) is 0 Å². The summed E-state index contributed by atoms with van der Waals surface area (Å²) < 4.78 is 1.90. The first-order valence-corrected chi connectivity index (χ1v) is 7.67. The Labute approximate surface area is 139 Å². The van der Waals surface area contributed by atoms with Gasteiger partial charge in [-0.1, -0.05) is 0 Å². The topological polar surface area (TPSA) is 63.8 Å². The van der Waals surface area contributed by atoms with Crippen molar-refractivity contribution in [1.82, 2.24) is 19.7 Å². The Morgan fingerprint density at radius 1 is 0.958 bits per heavy atom. The summed E-state index contributed by atoms with van der Waals surface area (Å²) in [4.78, 5) is 4.76. The van der Waals surface area contributed by atoms with Crippen LogP contribution in [0.4, 0.5) is 0 Å². The van der Waals surface area contributed by atoms with E-state index in [9.17, 15) is 5.11 Å². The molecule has 0 atom stereocenters. The molecular weight excluding hydrogens is 300 g/mol. The lowest BCUT2D eigenvalue weighted by Crippen LogP contribution is -1.93. The van der Waals surface area contributed by atoms with Gasteiger partial charge in [-0.2, -0.15) is 0 Å². The van der Waals surface area contributed by atoms with Crippen LogP contribution in [-0.2, 0) is 7.05 Å². The monoisotopic (exact) mass is 316 g/mol. The lowest BCUT2D eigenvalue weighted by Gasteiger charge is -2.09. The fourth-order valence-electron chi connectivity index (χ4n) is 2.86. The van der Waals surface area contributed by atoms with E-state index in [1.165, 1.54) is 0 Å². The molecule has 2 aromatic heterocycles. The van der Waals surface area contributed by atoms with Gasteiger partial charge in [0, 0.05) is 23.6 Å². The molecule has 0 aliphatic carbocycles. The number of hydrogen-bond acceptors (Lipinski definition) is 4. The number of hydrogen-bond donors (Lipinski definition) is 1. The fraction of sp³-hybridized carbons (Fsp3) is 0.105. The zero-order valence-corrected chi connectivity index (χ0v) is 13.4. The van der Waals surface area contributed by atoms with Crippen LogP contribution in [0, 0.1) is 6.92 Å². The normalized spacial score (nSPS) is 11.1. The zero-order chi connectivity index (χ0) is 16.7. The van der Waals surface area contributed by atoms with Gasteiger partial charge in [0.1, 0.15) is 12.1 Å². The summed E-state index contributed by atoms with van der Waals surface area (Å²) >= 11 is 0. The summed E-state index contributed by atoms with van der Waals surface area (Å²) in [5.74, 6) is 1.09. The maximum Gasteiger partial charge on any atom is 0.163 e. The molecule has 118 valence electrons. The molecule has 0 radical (unpaired) electrons. The molecule has 0 amide bonds. The molecule has 5 nitrogen and oxygen atoms in total. The van der Waals surface area contributed by atoms with Crippen molar-refractivity contribution in [2.45, 2.75) is 6.92 Å². The predicted molar refractivity (Wildman–Crippen MR) is 93.6 cm³/mol. The Balaban J connectivity index is 1.85. The minimum Gasteiger partial charge on any atom is -0.508 e. The minimum atomic E-state index is 0.254. The second kappa shape index (κ2) is 5.45. The second-order valence-electron chi connectivity index (χ2n) is 5.87. The van der Waals surface area contributed by atoms with Crippen molar-refractivity contribution >= 4 is 10.9 Å². The molecule has 5 heteroatoms. The Morgan fingerprint density at radius 3 is 2.42 bits per heavy atom. The number of aromatic nitrogens is 4. The van der Waals surface area contributed by atoms with Crippen LogP contribution in [0.2, 0.25) is 0 Å². The van der Waals surface area contributed by atoms with Crippen molar-refractivity contribution in [3.05, 3.63) is 60.4 Å². The number of nitrogens with zero attached hydrogens (tertiary/aromatic N) is 4. The number of pyridine rings is 1. The van der Waals surface area contributed by atoms with E-state index in [1.807, 2.05) is 35.9 Å². The summed E-state index contributed by atoms with van der Waals surface area (Å²) in [7, 11) is 1.93. The number of rotatable bonds is 2. The lowest BCUT2D eigenvalue weighted by atomic mass is 10.0. The third kappa shape index (κ3) is 2.40. The Hall–Kier alpha value is -3.21. The van der Waals surface area contributed by atoms with Crippen molar-refractivity contribution in [3.63, 3.8) is 0 Å². The minimum absolute atomic E-state index is 0.254. The van der Waals surface area contributed by atoms with E-state index < -0.39 is 0 Å². The smallest absolute Gasteiger partial charge is 0.163 e. The summed E-state index contributed by atoms with van der Waals surface area (Å²) in [6, 6.07) is 15.3. The first-order chi connectivity index (χ1) is 11.6. The maximum atomic E-state index is 9.44. The Kier molecular flexibility index (Phi) is 3.27. The highest BCUT2D eigenvalue weighted by Gasteiger charge is 2.09. The summed E-state index contributed by atoms with van der Waals surface area (Å²) in [5, 5.41) is 18.6. The number of benzene rings is 2. The third-order valence-corrected chi connectivity index (χ3v) is 4.15. The molecule has 2 aromatic carbocycles. The molecular formula is C19H16N4O. The van der Waals surface area contributed by atoms with Crippen LogP contribution < -0.4 is 0 Å². The molecule has 0 aliphatic rings. The third-order valence-electron chi connectivity index (χ3n) is 4.15. The standard InChI is InChI=1S/C19H16N4O/c1-12-9-18(13-3-6-15(24)7-4-13)21-17-8-5-14(10-16(12)17)19-22-20-11-23(19)2/h3-11,24H,1-2H3. The molecule has 4 rings (SSSR count). The van der Waals surface area contributed by atoms with Crippen LogP contribution in [0.3, 0.4) is 0 Å². The largest absolute Gasteiger partial charge is 0.508 e. The lowest BCUT2D eigenvalue weighted by molar-refractivity contribution is 0.475. The summed E-state index contributed by atoms with van der Waals surface area (Å²) in [6.45, 7) is 2.08. The first-order valence-electron chi connectivity index (χ1n) is 7.67. The van der Waals surface area contributed by atoms with Crippen molar-refractivity contribution in [2.24, 2.45) is 7.05 Å². The van der Waals surface area contributed by atoms with Crippen LogP contribution in [-0.4, -0.2) is 24.9 Å². The highest BCUT2D eigenvalue weighted by Crippen LogP contribution is 2.28. The predicted octanol–water partition coefficient (Wildman–Crippen LogP) is 3.71.